The fourth-order valence-corrected chi connectivity index (χ4v) is 1.01. The molecule has 1 N–H and O–H groups in total. The quantitative estimate of drug-likeness (QED) is 0.256. The van der Waals surface area contributed by atoms with Gasteiger partial charge in [0.25, 0.3) is 0 Å². The number of methoxy groups -OCH3 is 5. The Balaban J connectivity index is -0.0000000904. The van der Waals surface area contributed by atoms with Crippen molar-refractivity contribution < 1.29 is 57.6 Å². The van der Waals surface area contributed by atoms with Crippen LogP contribution in [-0.4, -0.2) is 76.5 Å². The van der Waals surface area contributed by atoms with Crippen molar-refractivity contribution >= 4 is 35.8 Å². The Hall–Kier alpha value is -3.96. The summed E-state index contributed by atoms with van der Waals surface area (Å²) in [6.45, 7) is 18.6. The summed E-state index contributed by atoms with van der Waals surface area (Å²) < 4.78 is 21.5. The van der Waals surface area contributed by atoms with Crippen molar-refractivity contribution in [3.8, 4) is 0 Å². The van der Waals surface area contributed by atoms with Crippen LogP contribution in [0.4, 0.5) is 0 Å². The van der Waals surface area contributed by atoms with Crippen molar-refractivity contribution in [1.82, 2.24) is 0 Å². The molecule has 0 aliphatic rings. The summed E-state index contributed by atoms with van der Waals surface area (Å²) in [4.78, 5) is 60.6. The van der Waals surface area contributed by atoms with Gasteiger partial charge in [-0.25, -0.2) is 14.4 Å². The van der Waals surface area contributed by atoms with E-state index in [2.05, 4.69) is 30.3 Å². The molecule has 0 aliphatic carbocycles. The van der Waals surface area contributed by atoms with Gasteiger partial charge in [0, 0.05) is 24.1 Å². The molecule has 0 aliphatic heterocycles. The van der Waals surface area contributed by atoms with E-state index in [0.29, 0.717) is 11.1 Å². The van der Waals surface area contributed by atoms with Crippen LogP contribution in [0.25, 0.3) is 0 Å². The first kappa shape index (κ1) is 49.9. The standard InChI is InChI=1S/C6H12O2.2C6H10O2.C4H6O2.C4H8O2.C3H6O2/c3*1-4-5(2)6(7)8-3;1-3-4(5)6-2;1-3(2)4(5)6;1-3(4)5-2/h5H,4H2,1-3H3;2*4H,1-3H3;3H,1H2,2H3;3H,1-2H3,(H,5,6);1-2H3/b;5-4+;5-4-;;;. The number of rotatable bonds is 6. The molecule has 12 heteroatoms. The Kier molecular flexibility index (Phi) is 43.9. The molecule has 0 amide bonds. The zero-order valence-corrected chi connectivity index (χ0v) is 27.2. The highest BCUT2D eigenvalue weighted by Crippen LogP contribution is 2.00. The van der Waals surface area contributed by atoms with Crippen LogP contribution in [0.2, 0.25) is 0 Å². The molecule has 0 heterocycles. The Labute approximate surface area is 245 Å². The minimum Gasteiger partial charge on any atom is -0.481 e. The smallest absolute Gasteiger partial charge is 0.333 e. The topological polar surface area (TPSA) is 169 Å². The van der Waals surface area contributed by atoms with E-state index in [9.17, 15) is 28.8 Å². The summed E-state index contributed by atoms with van der Waals surface area (Å²) >= 11 is 0. The first-order valence-corrected chi connectivity index (χ1v) is 12.4. The van der Waals surface area contributed by atoms with Crippen molar-refractivity contribution in [2.45, 2.75) is 68.7 Å². The number of aliphatic carboxylic acids is 1. The molecule has 12 nitrogen and oxygen atoms in total. The molecule has 0 spiro atoms. The Morgan fingerprint density at radius 3 is 1.07 bits per heavy atom. The summed E-state index contributed by atoms with van der Waals surface area (Å²) in [5.41, 5.74) is 1.29. The van der Waals surface area contributed by atoms with Gasteiger partial charge in [-0.15, -0.1) is 0 Å². The number of hydrogen-bond donors (Lipinski definition) is 1. The van der Waals surface area contributed by atoms with Gasteiger partial charge in [-0.05, 0) is 34.1 Å². The zero-order valence-electron chi connectivity index (χ0n) is 27.2. The number of esters is 5. The van der Waals surface area contributed by atoms with Crippen LogP contribution >= 0.6 is 0 Å². The first-order valence-electron chi connectivity index (χ1n) is 12.4. The van der Waals surface area contributed by atoms with Crippen molar-refractivity contribution in [2.75, 3.05) is 35.5 Å². The van der Waals surface area contributed by atoms with Crippen LogP contribution in [0.3, 0.4) is 0 Å². The minimum atomic E-state index is -0.741. The van der Waals surface area contributed by atoms with Crippen LogP contribution in [-0.2, 0) is 52.5 Å². The highest BCUT2D eigenvalue weighted by molar-refractivity contribution is 5.87. The van der Waals surface area contributed by atoms with E-state index >= 15 is 0 Å². The van der Waals surface area contributed by atoms with Gasteiger partial charge in [0.05, 0.1) is 47.4 Å². The van der Waals surface area contributed by atoms with Gasteiger partial charge >= 0.3 is 35.8 Å². The number of carboxylic acid groups (broad SMARTS) is 1. The van der Waals surface area contributed by atoms with Crippen LogP contribution in [0, 0.1) is 11.8 Å². The van der Waals surface area contributed by atoms with Gasteiger partial charge in [0.15, 0.2) is 0 Å². The highest BCUT2D eigenvalue weighted by Gasteiger charge is 2.08. The molecule has 0 aromatic heterocycles. The molecule has 0 aromatic carbocycles. The van der Waals surface area contributed by atoms with Crippen LogP contribution < -0.4 is 0 Å². The molecule has 1 atom stereocenters. The average molecular weight is 593 g/mol. The zero-order chi connectivity index (χ0) is 34.1. The van der Waals surface area contributed by atoms with E-state index in [1.807, 2.05) is 13.8 Å². The van der Waals surface area contributed by atoms with Crippen LogP contribution in [0.1, 0.15) is 68.7 Å². The van der Waals surface area contributed by atoms with Gasteiger partial charge < -0.3 is 28.8 Å². The molecular formula is C29H52O12. The normalized spacial score (nSPS) is 10.0. The second-order valence-electron chi connectivity index (χ2n) is 7.67. The second-order valence-corrected chi connectivity index (χ2v) is 7.67. The first-order chi connectivity index (χ1) is 18.9. The molecular weight excluding hydrogens is 540 g/mol. The Bertz CT molecular complexity index is 779. The van der Waals surface area contributed by atoms with Crippen molar-refractivity contribution in [3.63, 3.8) is 0 Å². The molecule has 0 saturated carbocycles. The lowest BCUT2D eigenvalue weighted by Gasteiger charge is -2.02. The highest BCUT2D eigenvalue weighted by atomic mass is 16.5. The molecule has 0 radical (unpaired) electrons. The number of ether oxygens (including phenoxy) is 5. The van der Waals surface area contributed by atoms with Gasteiger partial charge in [0.1, 0.15) is 0 Å². The van der Waals surface area contributed by atoms with Crippen LogP contribution in [0.15, 0.2) is 36.0 Å². The van der Waals surface area contributed by atoms with Gasteiger partial charge in [-0.1, -0.05) is 46.4 Å². The largest absolute Gasteiger partial charge is 0.481 e. The summed E-state index contributed by atoms with van der Waals surface area (Å²) in [7, 11) is 6.81. The maximum Gasteiger partial charge on any atom is 0.333 e. The van der Waals surface area contributed by atoms with E-state index in [1.54, 1.807) is 53.7 Å². The predicted octanol–water partition coefficient (Wildman–Crippen LogP) is 4.71. The molecule has 0 fully saturated rings. The summed E-state index contributed by atoms with van der Waals surface area (Å²) in [6, 6.07) is 0. The van der Waals surface area contributed by atoms with Crippen molar-refractivity contribution in [1.29, 1.82) is 0 Å². The molecule has 1 unspecified atom stereocenters. The van der Waals surface area contributed by atoms with E-state index in [1.165, 1.54) is 42.5 Å². The third-order valence-corrected chi connectivity index (χ3v) is 4.25. The molecule has 240 valence electrons. The summed E-state index contributed by atoms with van der Waals surface area (Å²) in [5.74, 6) is -2.19. The minimum absolute atomic E-state index is 0.0556. The average Bonchev–Trinajstić information content (AvgIpc) is 2.99. The second kappa shape index (κ2) is 36.0. The van der Waals surface area contributed by atoms with Gasteiger partial charge in [0.2, 0.25) is 0 Å². The lowest BCUT2D eigenvalue weighted by atomic mass is 10.1. The Morgan fingerprint density at radius 1 is 0.707 bits per heavy atom. The van der Waals surface area contributed by atoms with Crippen LogP contribution in [0.5, 0.6) is 0 Å². The summed E-state index contributed by atoms with van der Waals surface area (Å²) in [5, 5.41) is 7.99. The number of hydrogen-bond acceptors (Lipinski definition) is 11. The lowest BCUT2D eigenvalue weighted by Crippen LogP contribution is -2.10. The lowest BCUT2D eigenvalue weighted by molar-refractivity contribution is -0.145. The number of carboxylic acids is 1. The molecule has 0 aromatic rings. The molecule has 0 bridgehead atoms. The fraction of sp³-hybridized carbons (Fsp3) is 0.586. The maximum absolute atomic E-state index is 10.5. The maximum atomic E-state index is 10.5. The number of allylic oxidation sites excluding steroid dienone is 2. The molecule has 0 rings (SSSR count). The van der Waals surface area contributed by atoms with E-state index < -0.39 is 11.9 Å². The fourth-order valence-electron chi connectivity index (χ4n) is 1.01. The molecule has 41 heavy (non-hydrogen) atoms. The van der Waals surface area contributed by atoms with Crippen molar-refractivity contribution in [2.24, 2.45) is 11.8 Å². The van der Waals surface area contributed by atoms with E-state index in [4.69, 9.17) is 5.11 Å². The SMILES string of the molecule is C/C=C(/C)C(=O)OC.C/C=C(\C)C(=O)OC.C=CC(=O)OC.CC(C)C(=O)O.CCC(C)C(=O)OC.COC(C)=O. The monoisotopic (exact) mass is 592 g/mol. The third-order valence-electron chi connectivity index (χ3n) is 4.25. The molecule has 0 saturated heterocycles. The van der Waals surface area contributed by atoms with E-state index in [0.717, 1.165) is 12.5 Å². The predicted molar refractivity (Wildman–Crippen MR) is 157 cm³/mol. The Morgan fingerprint density at radius 2 is 1.02 bits per heavy atom. The summed E-state index contributed by atoms with van der Waals surface area (Å²) in [6.07, 6.45) is 5.39. The van der Waals surface area contributed by atoms with Gasteiger partial charge in [-0.2, -0.15) is 0 Å². The van der Waals surface area contributed by atoms with Crippen molar-refractivity contribution in [3.05, 3.63) is 36.0 Å². The third kappa shape index (κ3) is 46.3. The number of carbonyl (C=O) groups is 6. The van der Waals surface area contributed by atoms with E-state index in [-0.39, 0.29) is 35.7 Å². The van der Waals surface area contributed by atoms with Gasteiger partial charge in [-0.3, -0.25) is 14.4 Å². The number of carbonyl (C=O) groups excluding carboxylic acids is 5.